The van der Waals surface area contributed by atoms with Crippen molar-refractivity contribution in [3.8, 4) is 5.75 Å². The van der Waals surface area contributed by atoms with Crippen molar-refractivity contribution in [2.75, 3.05) is 7.11 Å². The molecule has 6 nitrogen and oxygen atoms in total. The molecule has 0 spiro atoms. The lowest BCUT2D eigenvalue weighted by molar-refractivity contribution is -0.139. The molecule has 2 N–H and O–H groups in total. The lowest BCUT2D eigenvalue weighted by Gasteiger charge is -2.15. The van der Waals surface area contributed by atoms with Crippen LogP contribution in [0.2, 0.25) is 0 Å². The van der Waals surface area contributed by atoms with E-state index >= 15 is 0 Å². The molecule has 0 aliphatic carbocycles. The summed E-state index contributed by atoms with van der Waals surface area (Å²) in [4.78, 5) is 24.0. The summed E-state index contributed by atoms with van der Waals surface area (Å²) in [6.45, 7) is 4.36. The summed E-state index contributed by atoms with van der Waals surface area (Å²) in [6, 6.07) is 12.3. The van der Waals surface area contributed by atoms with Gasteiger partial charge in [-0.1, -0.05) is 24.3 Å². The van der Waals surface area contributed by atoms with Crippen LogP contribution in [-0.4, -0.2) is 30.2 Å². The number of carbonyl (C=O) groups is 2. The van der Waals surface area contributed by atoms with Gasteiger partial charge in [-0.3, -0.25) is 4.79 Å². The molecule has 138 valence electrons. The molecule has 0 aliphatic rings. The molecule has 2 aromatic carbocycles. The first-order chi connectivity index (χ1) is 12.4. The van der Waals surface area contributed by atoms with Crippen LogP contribution in [0.4, 0.5) is 0 Å². The van der Waals surface area contributed by atoms with Gasteiger partial charge in [0, 0.05) is 5.56 Å². The van der Waals surface area contributed by atoms with E-state index in [9.17, 15) is 14.7 Å². The van der Waals surface area contributed by atoms with E-state index in [4.69, 9.17) is 9.47 Å². The van der Waals surface area contributed by atoms with Gasteiger partial charge in [0.05, 0.1) is 19.8 Å². The molecule has 0 saturated carbocycles. The summed E-state index contributed by atoms with van der Waals surface area (Å²) in [5, 5.41) is 12.0. The summed E-state index contributed by atoms with van der Waals surface area (Å²) < 4.78 is 10.6. The fourth-order valence-electron chi connectivity index (χ4n) is 2.31. The Balaban J connectivity index is 2.08. The summed E-state index contributed by atoms with van der Waals surface area (Å²) in [5.41, 5.74) is 1.80. The molecule has 0 aromatic heterocycles. The molecule has 2 aromatic rings. The van der Waals surface area contributed by atoms with Gasteiger partial charge in [0.2, 0.25) is 0 Å². The maximum atomic E-state index is 12.4. The van der Waals surface area contributed by atoms with E-state index in [1.807, 2.05) is 13.8 Å². The predicted octanol–water partition coefficient (Wildman–Crippen LogP) is 3.18. The van der Waals surface area contributed by atoms with Crippen molar-refractivity contribution in [2.45, 2.75) is 32.6 Å². The van der Waals surface area contributed by atoms with Crippen molar-refractivity contribution >= 4 is 11.9 Å². The highest BCUT2D eigenvalue weighted by Crippen LogP contribution is 2.19. The third-order valence-electron chi connectivity index (χ3n) is 3.77. The van der Waals surface area contributed by atoms with Crippen LogP contribution >= 0.6 is 0 Å². The monoisotopic (exact) mass is 357 g/mol. The van der Waals surface area contributed by atoms with E-state index in [0.717, 1.165) is 5.56 Å². The van der Waals surface area contributed by atoms with Gasteiger partial charge in [0.15, 0.2) is 6.04 Å². The second-order valence-corrected chi connectivity index (χ2v) is 6.07. The SMILES string of the molecule is COc1ccc(C(NC(=O)c2ccc(COC(C)C)cc2)C(=O)O)cc1. The van der Waals surface area contributed by atoms with Crippen molar-refractivity contribution in [3.63, 3.8) is 0 Å². The number of rotatable bonds is 8. The number of carboxylic acid groups (broad SMARTS) is 1. The van der Waals surface area contributed by atoms with Gasteiger partial charge in [-0.05, 0) is 49.2 Å². The number of hydrogen-bond donors (Lipinski definition) is 2. The Bertz CT molecular complexity index is 738. The van der Waals surface area contributed by atoms with E-state index in [0.29, 0.717) is 23.5 Å². The number of amides is 1. The molecular formula is C20H23NO5. The molecule has 1 unspecified atom stereocenters. The van der Waals surface area contributed by atoms with Gasteiger partial charge in [-0.25, -0.2) is 4.79 Å². The fourth-order valence-corrected chi connectivity index (χ4v) is 2.31. The highest BCUT2D eigenvalue weighted by Gasteiger charge is 2.22. The molecule has 1 atom stereocenters. The van der Waals surface area contributed by atoms with E-state index in [2.05, 4.69) is 5.32 Å². The number of carboxylic acids is 1. The molecular weight excluding hydrogens is 334 g/mol. The van der Waals surface area contributed by atoms with E-state index < -0.39 is 17.9 Å². The average molecular weight is 357 g/mol. The molecule has 0 fully saturated rings. The normalized spacial score (nSPS) is 11.8. The van der Waals surface area contributed by atoms with E-state index in [1.165, 1.54) is 7.11 Å². The van der Waals surface area contributed by atoms with Crippen LogP contribution in [-0.2, 0) is 16.1 Å². The first-order valence-electron chi connectivity index (χ1n) is 8.29. The summed E-state index contributed by atoms with van der Waals surface area (Å²) in [7, 11) is 1.53. The molecule has 26 heavy (non-hydrogen) atoms. The van der Waals surface area contributed by atoms with Crippen LogP contribution in [0.1, 0.15) is 41.4 Å². The summed E-state index contributed by atoms with van der Waals surface area (Å²) in [6.07, 6.45) is 0.124. The third kappa shape index (κ3) is 5.32. The first kappa shape index (κ1) is 19.5. The van der Waals surface area contributed by atoms with Crippen molar-refractivity contribution in [1.82, 2.24) is 5.32 Å². The molecule has 0 radical (unpaired) electrons. The average Bonchev–Trinajstić information content (AvgIpc) is 2.64. The van der Waals surface area contributed by atoms with Crippen molar-refractivity contribution in [1.29, 1.82) is 0 Å². The maximum absolute atomic E-state index is 12.4. The Kier molecular flexibility index (Phi) is 6.74. The predicted molar refractivity (Wildman–Crippen MR) is 97.2 cm³/mol. The second-order valence-electron chi connectivity index (χ2n) is 6.07. The van der Waals surface area contributed by atoms with Crippen molar-refractivity contribution in [2.24, 2.45) is 0 Å². The maximum Gasteiger partial charge on any atom is 0.330 e. The van der Waals surface area contributed by atoms with Gasteiger partial charge in [0.1, 0.15) is 5.75 Å². The zero-order valence-corrected chi connectivity index (χ0v) is 15.1. The Morgan fingerprint density at radius 3 is 2.15 bits per heavy atom. The zero-order chi connectivity index (χ0) is 19.1. The van der Waals surface area contributed by atoms with Crippen molar-refractivity contribution in [3.05, 3.63) is 65.2 Å². The van der Waals surface area contributed by atoms with Crippen LogP contribution in [0.3, 0.4) is 0 Å². The highest BCUT2D eigenvalue weighted by atomic mass is 16.5. The molecule has 6 heteroatoms. The number of aliphatic carboxylic acids is 1. The Labute approximate surface area is 152 Å². The zero-order valence-electron chi connectivity index (χ0n) is 15.1. The topological polar surface area (TPSA) is 84.9 Å². The van der Waals surface area contributed by atoms with E-state index in [-0.39, 0.29) is 6.10 Å². The number of methoxy groups -OCH3 is 1. The van der Waals surface area contributed by atoms with Crippen LogP contribution < -0.4 is 10.1 Å². The van der Waals surface area contributed by atoms with Gasteiger partial charge < -0.3 is 19.9 Å². The molecule has 0 heterocycles. The number of ether oxygens (including phenoxy) is 2. The van der Waals surface area contributed by atoms with Gasteiger partial charge in [-0.15, -0.1) is 0 Å². The van der Waals surface area contributed by atoms with Gasteiger partial charge >= 0.3 is 5.97 Å². The number of carbonyl (C=O) groups excluding carboxylic acids is 1. The molecule has 2 rings (SSSR count). The minimum atomic E-state index is -1.14. The van der Waals surface area contributed by atoms with Crippen molar-refractivity contribution < 1.29 is 24.2 Å². The smallest absolute Gasteiger partial charge is 0.330 e. The van der Waals surface area contributed by atoms with Crippen LogP contribution in [0.5, 0.6) is 5.75 Å². The van der Waals surface area contributed by atoms with Crippen LogP contribution in [0, 0.1) is 0 Å². The minimum Gasteiger partial charge on any atom is -0.497 e. The Morgan fingerprint density at radius 1 is 1.04 bits per heavy atom. The van der Waals surface area contributed by atoms with Crippen LogP contribution in [0.25, 0.3) is 0 Å². The fraction of sp³-hybridized carbons (Fsp3) is 0.300. The number of benzene rings is 2. The second kappa shape index (κ2) is 9.01. The lowest BCUT2D eigenvalue weighted by atomic mass is 10.1. The lowest BCUT2D eigenvalue weighted by Crippen LogP contribution is -2.33. The molecule has 0 bridgehead atoms. The number of nitrogens with one attached hydrogen (secondary N) is 1. The third-order valence-corrected chi connectivity index (χ3v) is 3.77. The summed E-state index contributed by atoms with van der Waals surface area (Å²) in [5.74, 6) is -0.974. The Hall–Kier alpha value is -2.86. The Morgan fingerprint density at radius 2 is 1.65 bits per heavy atom. The number of hydrogen-bond acceptors (Lipinski definition) is 4. The van der Waals surface area contributed by atoms with E-state index in [1.54, 1.807) is 48.5 Å². The molecule has 1 amide bonds. The molecule has 0 aliphatic heterocycles. The minimum absolute atomic E-state index is 0.124. The standard InChI is InChI=1S/C20H23NO5/c1-13(2)26-12-14-4-6-16(7-5-14)19(22)21-18(20(23)24)15-8-10-17(25-3)11-9-15/h4-11,13,18H,12H2,1-3H3,(H,21,22)(H,23,24). The quantitative estimate of drug-likeness (QED) is 0.758. The summed E-state index contributed by atoms with van der Waals surface area (Å²) >= 11 is 0. The largest absolute Gasteiger partial charge is 0.497 e. The van der Waals surface area contributed by atoms with Gasteiger partial charge in [0.25, 0.3) is 5.91 Å². The van der Waals surface area contributed by atoms with Gasteiger partial charge in [-0.2, -0.15) is 0 Å². The van der Waals surface area contributed by atoms with Crippen LogP contribution in [0.15, 0.2) is 48.5 Å². The first-order valence-corrected chi connectivity index (χ1v) is 8.29. The molecule has 0 saturated heterocycles. The highest BCUT2D eigenvalue weighted by molar-refractivity contribution is 5.96.